The summed E-state index contributed by atoms with van der Waals surface area (Å²) in [5.41, 5.74) is 5.59. The molecule has 1 rings (SSSR count). The lowest BCUT2D eigenvalue weighted by molar-refractivity contribution is 0.474. The van der Waals surface area contributed by atoms with E-state index in [1.807, 2.05) is 0 Å². The van der Waals surface area contributed by atoms with Crippen molar-refractivity contribution in [2.24, 2.45) is 5.84 Å². The molecule has 0 saturated carbocycles. The molecule has 0 heterocycles. The maximum atomic E-state index is 5.73. The molecule has 0 aliphatic rings. The number of unbranched alkanes of at least 4 members (excludes halogenated alkanes) is 6. The van der Waals surface area contributed by atoms with Gasteiger partial charge in [0, 0.05) is 10.5 Å². The number of nitrogens with two attached hydrogens (primary N) is 1. The van der Waals surface area contributed by atoms with Crippen molar-refractivity contribution >= 4 is 15.9 Å². The van der Waals surface area contributed by atoms with Crippen LogP contribution in [-0.4, -0.2) is 0 Å². The molecule has 0 bridgehead atoms. The fraction of sp³-hybridized carbons (Fsp3) is 0.647. The lowest BCUT2D eigenvalue weighted by atomic mass is 9.96. The summed E-state index contributed by atoms with van der Waals surface area (Å²) in [5, 5.41) is 0. The zero-order valence-electron chi connectivity index (χ0n) is 12.9. The van der Waals surface area contributed by atoms with Gasteiger partial charge in [-0.15, -0.1) is 0 Å². The highest BCUT2D eigenvalue weighted by Crippen LogP contribution is 2.25. The molecule has 114 valence electrons. The van der Waals surface area contributed by atoms with Gasteiger partial charge in [0.05, 0.1) is 0 Å². The molecule has 20 heavy (non-hydrogen) atoms. The van der Waals surface area contributed by atoms with E-state index in [2.05, 4.69) is 53.4 Å². The van der Waals surface area contributed by atoms with Crippen LogP contribution in [0.5, 0.6) is 0 Å². The van der Waals surface area contributed by atoms with Crippen LogP contribution < -0.4 is 11.3 Å². The van der Waals surface area contributed by atoms with E-state index in [0.717, 1.165) is 10.9 Å². The summed E-state index contributed by atoms with van der Waals surface area (Å²) in [4.78, 5) is 0. The number of hydrazine groups is 1. The van der Waals surface area contributed by atoms with Gasteiger partial charge in [0.15, 0.2) is 0 Å². The van der Waals surface area contributed by atoms with Gasteiger partial charge in [-0.3, -0.25) is 11.3 Å². The minimum Gasteiger partial charge on any atom is -0.271 e. The zero-order chi connectivity index (χ0) is 14.8. The van der Waals surface area contributed by atoms with Crippen molar-refractivity contribution in [3.8, 4) is 0 Å². The average molecular weight is 341 g/mol. The van der Waals surface area contributed by atoms with E-state index in [1.165, 1.54) is 56.1 Å². The fourth-order valence-electron chi connectivity index (χ4n) is 2.66. The summed E-state index contributed by atoms with van der Waals surface area (Å²) in [6.07, 6.45) is 10.5. The van der Waals surface area contributed by atoms with Crippen LogP contribution in [0.2, 0.25) is 0 Å². The summed E-state index contributed by atoms with van der Waals surface area (Å²) in [5.74, 6) is 5.73. The number of rotatable bonds is 10. The van der Waals surface area contributed by atoms with Crippen molar-refractivity contribution in [3.05, 3.63) is 33.8 Å². The monoisotopic (exact) mass is 340 g/mol. The molecule has 0 aliphatic heterocycles. The first-order valence-corrected chi connectivity index (χ1v) is 8.70. The molecule has 2 nitrogen and oxygen atoms in total. The van der Waals surface area contributed by atoms with Crippen LogP contribution in [0.4, 0.5) is 0 Å². The molecular formula is C17H29BrN2. The molecule has 0 radical (unpaired) electrons. The van der Waals surface area contributed by atoms with Crippen molar-refractivity contribution in [2.75, 3.05) is 0 Å². The lowest BCUT2D eigenvalue weighted by Crippen LogP contribution is -2.28. The van der Waals surface area contributed by atoms with Crippen LogP contribution in [-0.2, 0) is 0 Å². The number of nitrogens with one attached hydrogen (secondary N) is 1. The summed E-state index contributed by atoms with van der Waals surface area (Å²) >= 11 is 3.51. The zero-order valence-corrected chi connectivity index (χ0v) is 14.5. The number of hydrogen-bond donors (Lipinski definition) is 2. The maximum absolute atomic E-state index is 5.73. The average Bonchev–Trinajstić information content (AvgIpc) is 2.43. The third-order valence-corrected chi connectivity index (χ3v) is 4.40. The Labute approximate surface area is 132 Å². The molecule has 0 aromatic heterocycles. The van der Waals surface area contributed by atoms with E-state index in [9.17, 15) is 0 Å². The maximum Gasteiger partial charge on any atom is 0.0462 e. The smallest absolute Gasteiger partial charge is 0.0462 e. The first-order chi connectivity index (χ1) is 9.69. The molecule has 3 N–H and O–H groups in total. The van der Waals surface area contributed by atoms with E-state index in [1.54, 1.807) is 0 Å². The molecule has 3 heteroatoms. The van der Waals surface area contributed by atoms with Gasteiger partial charge in [-0.25, -0.2) is 0 Å². The van der Waals surface area contributed by atoms with E-state index < -0.39 is 0 Å². The highest BCUT2D eigenvalue weighted by atomic mass is 79.9. The molecule has 0 amide bonds. The summed E-state index contributed by atoms with van der Waals surface area (Å²) in [6, 6.07) is 6.70. The number of hydrogen-bond acceptors (Lipinski definition) is 2. The highest BCUT2D eigenvalue weighted by Gasteiger charge is 2.11. The van der Waals surface area contributed by atoms with E-state index in [4.69, 9.17) is 5.84 Å². The van der Waals surface area contributed by atoms with Crippen LogP contribution in [0, 0.1) is 6.92 Å². The summed E-state index contributed by atoms with van der Waals surface area (Å²) in [7, 11) is 0. The second-order valence-electron chi connectivity index (χ2n) is 5.63. The SMILES string of the molecule is CCCCCCCCCC(NN)c1ccc(Br)cc1C. The Morgan fingerprint density at radius 1 is 1.10 bits per heavy atom. The first kappa shape index (κ1) is 17.7. The van der Waals surface area contributed by atoms with Crippen LogP contribution in [0.1, 0.15) is 75.5 Å². The third kappa shape index (κ3) is 6.38. The number of halogens is 1. The molecule has 0 fully saturated rings. The number of aryl methyl sites for hydroxylation is 1. The summed E-state index contributed by atoms with van der Waals surface area (Å²) < 4.78 is 1.13. The van der Waals surface area contributed by atoms with Gasteiger partial charge < -0.3 is 0 Å². The van der Waals surface area contributed by atoms with Gasteiger partial charge in [-0.1, -0.05) is 73.9 Å². The van der Waals surface area contributed by atoms with Crippen LogP contribution in [0.25, 0.3) is 0 Å². The van der Waals surface area contributed by atoms with Crippen LogP contribution in [0.15, 0.2) is 22.7 Å². The molecule has 1 aromatic rings. The predicted molar refractivity (Wildman–Crippen MR) is 91.6 cm³/mol. The van der Waals surface area contributed by atoms with Crippen LogP contribution >= 0.6 is 15.9 Å². The van der Waals surface area contributed by atoms with E-state index >= 15 is 0 Å². The van der Waals surface area contributed by atoms with Crippen molar-refractivity contribution in [3.63, 3.8) is 0 Å². The quantitative estimate of drug-likeness (QED) is 0.340. The fourth-order valence-corrected chi connectivity index (χ4v) is 3.14. The van der Waals surface area contributed by atoms with Crippen molar-refractivity contribution < 1.29 is 0 Å². The van der Waals surface area contributed by atoms with Crippen molar-refractivity contribution in [1.29, 1.82) is 0 Å². The Hall–Kier alpha value is -0.380. The van der Waals surface area contributed by atoms with E-state index in [0.29, 0.717) is 0 Å². The Morgan fingerprint density at radius 2 is 1.75 bits per heavy atom. The lowest BCUT2D eigenvalue weighted by Gasteiger charge is -2.18. The predicted octanol–water partition coefficient (Wildman–Crippen LogP) is 5.40. The minimum atomic E-state index is 0.277. The van der Waals surface area contributed by atoms with Gasteiger partial charge in [0.25, 0.3) is 0 Å². The minimum absolute atomic E-state index is 0.277. The van der Waals surface area contributed by atoms with Gasteiger partial charge in [-0.05, 0) is 36.6 Å². The molecule has 1 aromatic carbocycles. The van der Waals surface area contributed by atoms with Gasteiger partial charge in [-0.2, -0.15) is 0 Å². The second-order valence-corrected chi connectivity index (χ2v) is 6.55. The first-order valence-electron chi connectivity index (χ1n) is 7.91. The third-order valence-electron chi connectivity index (χ3n) is 3.90. The molecule has 1 unspecified atom stereocenters. The largest absolute Gasteiger partial charge is 0.271 e. The molecule has 0 aliphatic carbocycles. The number of benzene rings is 1. The standard InChI is InChI=1S/C17H29BrN2/c1-3-4-5-6-7-8-9-10-17(20-19)16-12-11-15(18)13-14(16)2/h11-13,17,20H,3-10,19H2,1-2H3. The molecule has 1 atom stereocenters. The Kier molecular flexibility index (Phi) is 9.16. The normalized spacial score (nSPS) is 12.6. The topological polar surface area (TPSA) is 38.0 Å². The van der Waals surface area contributed by atoms with Gasteiger partial charge in [0.2, 0.25) is 0 Å². The highest BCUT2D eigenvalue weighted by molar-refractivity contribution is 9.10. The van der Waals surface area contributed by atoms with Gasteiger partial charge in [0.1, 0.15) is 0 Å². The Bertz CT molecular complexity index is 379. The van der Waals surface area contributed by atoms with E-state index in [-0.39, 0.29) is 6.04 Å². The molecular weight excluding hydrogens is 312 g/mol. The van der Waals surface area contributed by atoms with Gasteiger partial charge >= 0.3 is 0 Å². The molecule has 0 spiro atoms. The van der Waals surface area contributed by atoms with Crippen molar-refractivity contribution in [1.82, 2.24) is 5.43 Å². The Balaban J connectivity index is 2.32. The summed E-state index contributed by atoms with van der Waals surface area (Å²) in [6.45, 7) is 4.41. The molecule has 0 saturated heterocycles. The Morgan fingerprint density at radius 3 is 2.35 bits per heavy atom. The van der Waals surface area contributed by atoms with Crippen molar-refractivity contribution in [2.45, 2.75) is 71.3 Å². The second kappa shape index (κ2) is 10.4. The van der Waals surface area contributed by atoms with Crippen LogP contribution in [0.3, 0.4) is 0 Å².